The molecule has 2 atom stereocenters. The molecule has 100 valence electrons. The van der Waals surface area contributed by atoms with Gasteiger partial charge in [0.05, 0.1) is 0 Å². The van der Waals surface area contributed by atoms with Crippen LogP contribution in [-0.4, -0.2) is 28.5 Å². The number of nitrogens with two attached hydrogens (primary N) is 1. The Kier molecular flexibility index (Phi) is 4.36. The number of likely N-dealkylation sites (N-methyl/N-ethyl adjacent to an activating group) is 1. The van der Waals surface area contributed by atoms with Gasteiger partial charge < -0.3 is 5.73 Å². The van der Waals surface area contributed by atoms with E-state index >= 15 is 0 Å². The largest absolute Gasteiger partial charge is 0.329 e. The lowest BCUT2D eigenvalue weighted by Gasteiger charge is -2.40. The molecule has 3 heteroatoms. The molecular formula is C15H25N3. The van der Waals surface area contributed by atoms with Gasteiger partial charge in [-0.2, -0.15) is 0 Å². The normalized spacial score (nSPS) is 27.9. The number of nitrogens with zero attached hydrogens (tertiary/aromatic N) is 2. The van der Waals surface area contributed by atoms with Gasteiger partial charge in [-0.15, -0.1) is 0 Å². The summed E-state index contributed by atoms with van der Waals surface area (Å²) in [5, 5.41) is 0. The lowest BCUT2D eigenvalue weighted by molar-refractivity contribution is 0.0936. The quantitative estimate of drug-likeness (QED) is 0.869. The molecule has 2 rings (SSSR count). The maximum atomic E-state index is 6.11. The van der Waals surface area contributed by atoms with Crippen molar-refractivity contribution in [1.29, 1.82) is 0 Å². The molecule has 0 spiro atoms. The SMILES string of the molecule is CCN(Cc1ccncc1)C1(CN)CCC(C)C1. The molecule has 1 aliphatic rings. The van der Waals surface area contributed by atoms with E-state index in [1.165, 1.54) is 24.8 Å². The van der Waals surface area contributed by atoms with Gasteiger partial charge >= 0.3 is 0 Å². The Balaban J connectivity index is 2.12. The smallest absolute Gasteiger partial charge is 0.0337 e. The van der Waals surface area contributed by atoms with Gasteiger partial charge in [0.15, 0.2) is 0 Å². The minimum absolute atomic E-state index is 0.220. The van der Waals surface area contributed by atoms with Crippen LogP contribution in [0.15, 0.2) is 24.5 Å². The Morgan fingerprint density at radius 1 is 1.44 bits per heavy atom. The minimum Gasteiger partial charge on any atom is -0.329 e. The van der Waals surface area contributed by atoms with Crippen molar-refractivity contribution in [2.24, 2.45) is 11.7 Å². The van der Waals surface area contributed by atoms with Crippen LogP contribution in [0.4, 0.5) is 0 Å². The number of aromatic nitrogens is 1. The number of pyridine rings is 1. The molecule has 1 aliphatic carbocycles. The maximum absolute atomic E-state index is 6.11. The van der Waals surface area contributed by atoms with Crippen LogP contribution in [0.2, 0.25) is 0 Å². The minimum atomic E-state index is 0.220. The first-order chi connectivity index (χ1) is 8.70. The second kappa shape index (κ2) is 5.81. The molecule has 1 heterocycles. The Morgan fingerprint density at radius 2 is 2.17 bits per heavy atom. The summed E-state index contributed by atoms with van der Waals surface area (Å²) in [7, 11) is 0. The molecule has 0 bridgehead atoms. The number of rotatable bonds is 5. The van der Waals surface area contributed by atoms with Crippen molar-refractivity contribution in [1.82, 2.24) is 9.88 Å². The van der Waals surface area contributed by atoms with E-state index in [0.29, 0.717) is 0 Å². The first kappa shape index (κ1) is 13.5. The molecule has 0 amide bonds. The molecule has 0 aliphatic heterocycles. The van der Waals surface area contributed by atoms with Crippen LogP contribution >= 0.6 is 0 Å². The summed E-state index contributed by atoms with van der Waals surface area (Å²) < 4.78 is 0. The molecule has 1 aromatic rings. The van der Waals surface area contributed by atoms with Crippen molar-refractivity contribution in [2.45, 2.75) is 45.2 Å². The third-order valence-electron chi connectivity index (χ3n) is 4.39. The summed E-state index contributed by atoms with van der Waals surface area (Å²) in [5.41, 5.74) is 7.66. The van der Waals surface area contributed by atoms with Crippen molar-refractivity contribution in [3.8, 4) is 0 Å². The van der Waals surface area contributed by atoms with E-state index in [-0.39, 0.29) is 5.54 Å². The van der Waals surface area contributed by atoms with Crippen LogP contribution in [-0.2, 0) is 6.54 Å². The van der Waals surface area contributed by atoms with E-state index in [9.17, 15) is 0 Å². The van der Waals surface area contributed by atoms with E-state index in [2.05, 4.69) is 35.9 Å². The first-order valence-corrected chi connectivity index (χ1v) is 7.04. The van der Waals surface area contributed by atoms with Crippen LogP contribution in [0.3, 0.4) is 0 Å². The number of hydrogen-bond donors (Lipinski definition) is 1. The highest BCUT2D eigenvalue weighted by Crippen LogP contribution is 2.38. The van der Waals surface area contributed by atoms with Crippen molar-refractivity contribution < 1.29 is 0 Å². The fourth-order valence-electron chi connectivity index (χ4n) is 3.29. The highest BCUT2D eigenvalue weighted by atomic mass is 15.2. The fraction of sp³-hybridized carbons (Fsp3) is 0.667. The third kappa shape index (κ3) is 2.73. The molecule has 3 nitrogen and oxygen atoms in total. The lowest BCUT2D eigenvalue weighted by Crippen LogP contribution is -2.51. The summed E-state index contributed by atoms with van der Waals surface area (Å²) >= 11 is 0. The van der Waals surface area contributed by atoms with Gasteiger partial charge in [-0.3, -0.25) is 9.88 Å². The van der Waals surface area contributed by atoms with Gasteiger partial charge in [-0.05, 0) is 49.4 Å². The average Bonchev–Trinajstić information content (AvgIpc) is 2.80. The van der Waals surface area contributed by atoms with Crippen LogP contribution in [0.25, 0.3) is 0 Å². The summed E-state index contributed by atoms with van der Waals surface area (Å²) in [6.45, 7) is 7.41. The zero-order valence-corrected chi connectivity index (χ0v) is 11.6. The highest BCUT2D eigenvalue weighted by Gasteiger charge is 2.40. The van der Waals surface area contributed by atoms with Gasteiger partial charge in [-0.1, -0.05) is 13.8 Å². The summed E-state index contributed by atoms with van der Waals surface area (Å²) in [6.07, 6.45) is 7.53. The van der Waals surface area contributed by atoms with Crippen LogP contribution in [0.5, 0.6) is 0 Å². The monoisotopic (exact) mass is 247 g/mol. The van der Waals surface area contributed by atoms with E-state index in [1.807, 2.05) is 12.4 Å². The van der Waals surface area contributed by atoms with Crippen molar-refractivity contribution in [2.75, 3.05) is 13.1 Å². The van der Waals surface area contributed by atoms with Crippen LogP contribution in [0.1, 0.15) is 38.7 Å². The molecule has 18 heavy (non-hydrogen) atoms. The predicted molar refractivity (Wildman–Crippen MR) is 75.1 cm³/mol. The van der Waals surface area contributed by atoms with Gasteiger partial charge in [0.1, 0.15) is 0 Å². The highest BCUT2D eigenvalue weighted by molar-refractivity contribution is 5.11. The van der Waals surface area contributed by atoms with E-state index < -0.39 is 0 Å². The second-order valence-electron chi connectivity index (χ2n) is 5.65. The van der Waals surface area contributed by atoms with E-state index in [1.54, 1.807) is 0 Å². The van der Waals surface area contributed by atoms with Gasteiger partial charge in [-0.25, -0.2) is 0 Å². The number of hydrogen-bond acceptors (Lipinski definition) is 3. The molecule has 1 saturated carbocycles. The Bertz CT molecular complexity index is 365. The second-order valence-corrected chi connectivity index (χ2v) is 5.65. The van der Waals surface area contributed by atoms with Crippen molar-refractivity contribution in [3.63, 3.8) is 0 Å². The van der Waals surface area contributed by atoms with E-state index in [0.717, 1.165) is 25.6 Å². The van der Waals surface area contributed by atoms with Crippen molar-refractivity contribution >= 4 is 0 Å². The Hall–Kier alpha value is -0.930. The standard InChI is InChI=1S/C15H25N3/c1-3-18(11-14-5-8-17-9-6-14)15(12-16)7-4-13(2)10-15/h5-6,8-9,13H,3-4,7,10-12,16H2,1-2H3. The van der Waals surface area contributed by atoms with Crippen molar-refractivity contribution in [3.05, 3.63) is 30.1 Å². The summed E-state index contributed by atoms with van der Waals surface area (Å²) in [5.74, 6) is 0.806. The maximum Gasteiger partial charge on any atom is 0.0337 e. The fourth-order valence-corrected chi connectivity index (χ4v) is 3.29. The Morgan fingerprint density at radius 3 is 2.67 bits per heavy atom. The van der Waals surface area contributed by atoms with Crippen LogP contribution < -0.4 is 5.73 Å². The first-order valence-electron chi connectivity index (χ1n) is 7.04. The molecular weight excluding hydrogens is 222 g/mol. The molecule has 0 saturated heterocycles. The molecule has 1 aromatic heterocycles. The summed E-state index contributed by atoms with van der Waals surface area (Å²) in [4.78, 5) is 6.64. The molecule has 2 N–H and O–H groups in total. The summed E-state index contributed by atoms with van der Waals surface area (Å²) in [6, 6.07) is 4.20. The zero-order chi connectivity index (χ0) is 13.0. The molecule has 2 unspecified atom stereocenters. The molecule has 0 aromatic carbocycles. The third-order valence-corrected chi connectivity index (χ3v) is 4.39. The molecule has 0 radical (unpaired) electrons. The van der Waals surface area contributed by atoms with Crippen LogP contribution in [0, 0.1) is 5.92 Å². The Labute approximate surface area is 110 Å². The van der Waals surface area contributed by atoms with Gasteiger partial charge in [0.25, 0.3) is 0 Å². The van der Waals surface area contributed by atoms with Gasteiger partial charge in [0, 0.05) is 31.0 Å². The van der Waals surface area contributed by atoms with Gasteiger partial charge in [0.2, 0.25) is 0 Å². The predicted octanol–water partition coefficient (Wildman–Crippen LogP) is 2.42. The topological polar surface area (TPSA) is 42.2 Å². The molecule has 1 fully saturated rings. The van der Waals surface area contributed by atoms with E-state index in [4.69, 9.17) is 5.73 Å². The average molecular weight is 247 g/mol. The lowest BCUT2D eigenvalue weighted by atomic mass is 9.93. The zero-order valence-electron chi connectivity index (χ0n) is 11.6.